The van der Waals surface area contributed by atoms with Crippen LogP contribution in [0.25, 0.3) is 0 Å². The second-order valence-electron chi connectivity index (χ2n) is 2.65. The number of hydrogen-bond donors (Lipinski definition) is 0. The molecule has 3 nitrogen and oxygen atoms in total. The van der Waals surface area contributed by atoms with Gasteiger partial charge in [-0.05, 0) is 20.3 Å². The van der Waals surface area contributed by atoms with Crippen molar-refractivity contribution < 1.29 is 14.3 Å². The highest BCUT2D eigenvalue weighted by molar-refractivity contribution is 5.97. The van der Waals surface area contributed by atoms with Gasteiger partial charge in [-0.1, -0.05) is 0 Å². The third-order valence-electron chi connectivity index (χ3n) is 1.71. The van der Waals surface area contributed by atoms with Crippen LogP contribution in [0.4, 0.5) is 0 Å². The van der Waals surface area contributed by atoms with Crippen LogP contribution in [0.2, 0.25) is 0 Å². The Morgan fingerprint density at radius 2 is 2.08 bits per heavy atom. The van der Waals surface area contributed by atoms with E-state index in [1.165, 1.54) is 14.0 Å². The van der Waals surface area contributed by atoms with Crippen molar-refractivity contribution in [1.29, 1.82) is 0 Å². The highest BCUT2D eigenvalue weighted by atomic mass is 16.5. The first kappa shape index (κ1) is 11.7. The minimum absolute atomic E-state index is 0.162. The number of rotatable bonds is 4. The summed E-state index contributed by atoms with van der Waals surface area (Å²) < 4.78 is 4.50. The third kappa shape index (κ3) is 4.32. The highest BCUT2D eigenvalue weighted by Gasteiger charge is 2.22. The van der Waals surface area contributed by atoms with Crippen LogP contribution in [-0.2, 0) is 14.3 Å². The van der Waals surface area contributed by atoms with E-state index in [0.29, 0.717) is 12.8 Å². The fourth-order valence-electron chi connectivity index (χ4n) is 0.971. The zero-order valence-corrected chi connectivity index (χ0v) is 8.22. The van der Waals surface area contributed by atoms with Crippen LogP contribution in [0.3, 0.4) is 0 Å². The summed E-state index contributed by atoms with van der Waals surface area (Å²) in [6.07, 6.45) is 0.999. The molecule has 0 heterocycles. The van der Waals surface area contributed by atoms with E-state index in [-0.39, 0.29) is 5.78 Å². The number of ether oxygens (including phenoxy) is 1. The normalized spacial score (nSPS) is 11.0. The molecule has 0 aliphatic heterocycles. The van der Waals surface area contributed by atoms with Gasteiger partial charge in [0.1, 0.15) is 11.7 Å². The Morgan fingerprint density at radius 3 is 2.46 bits per heavy atom. The van der Waals surface area contributed by atoms with Gasteiger partial charge < -0.3 is 4.74 Å². The zero-order chi connectivity index (χ0) is 10.3. The summed E-state index contributed by atoms with van der Waals surface area (Å²) in [5.74, 6) is 4.23. The maximum atomic E-state index is 11.1. The van der Waals surface area contributed by atoms with Gasteiger partial charge in [-0.15, -0.1) is 11.8 Å². The second-order valence-corrected chi connectivity index (χ2v) is 2.65. The molecule has 0 aromatic rings. The molecule has 0 radical (unpaired) electrons. The number of Topliss-reactive ketones (excluding diaryl/α,β-unsaturated/α-hetero) is 1. The Balaban J connectivity index is 4.16. The summed E-state index contributed by atoms with van der Waals surface area (Å²) in [5, 5.41) is 0. The summed E-state index contributed by atoms with van der Waals surface area (Å²) in [6.45, 7) is 3.11. The predicted octanol–water partition coefficient (Wildman–Crippen LogP) is 1.17. The van der Waals surface area contributed by atoms with Gasteiger partial charge >= 0.3 is 5.97 Å². The van der Waals surface area contributed by atoms with Crippen molar-refractivity contribution in [3.63, 3.8) is 0 Å². The molecule has 0 rings (SSSR count). The first-order valence-corrected chi connectivity index (χ1v) is 4.11. The molecule has 0 bridgehead atoms. The molecule has 0 aromatic carbocycles. The van der Waals surface area contributed by atoms with Gasteiger partial charge in [0.2, 0.25) is 0 Å². The Bertz CT molecular complexity index is 245. The maximum absolute atomic E-state index is 11.1. The average molecular weight is 182 g/mol. The Kier molecular flexibility index (Phi) is 5.62. The summed E-state index contributed by atoms with van der Waals surface area (Å²) in [7, 11) is 1.28. The molecular weight excluding hydrogens is 168 g/mol. The van der Waals surface area contributed by atoms with Gasteiger partial charge in [-0.2, -0.15) is 0 Å². The average Bonchev–Trinajstić information content (AvgIpc) is 2.11. The van der Waals surface area contributed by atoms with E-state index >= 15 is 0 Å². The van der Waals surface area contributed by atoms with Crippen LogP contribution in [0.5, 0.6) is 0 Å². The number of methoxy groups -OCH3 is 1. The first-order chi connectivity index (χ1) is 6.13. The molecule has 0 N–H and O–H groups in total. The van der Waals surface area contributed by atoms with Gasteiger partial charge in [0.05, 0.1) is 7.11 Å². The van der Waals surface area contributed by atoms with Crippen molar-refractivity contribution in [2.75, 3.05) is 7.11 Å². The van der Waals surface area contributed by atoms with E-state index in [1.54, 1.807) is 6.92 Å². The smallest absolute Gasteiger partial charge is 0.316 e. The molecule has 0 saturated heterocycles. The molecule has 0 saturated carbocycles. The molecule has 0 aromatic heterocycles. The number of hydrogen-bond acceptors (Lipinski definition) is 3. The third-order valence-corrected chi connectivity index (χ3v) is 1.71. The number of carbonyl (C=O) groups excluding carboxylic acids is 2. The molecule has 72 valence electrons. The molecule has 0 aliphatic rings. The molecule has 13 heavy (non-hydrogen) atoms. The van der Waals surface area contributed by atoms with E-state index in [1.807, 2.05) is 0 Å². The Hall–Kier alpha value is -1.30. The molecule has 3 heteroatoms. The lowest BCUT2D eigenvalue weighted by atomic mass is 10.00. The lowest BCUT2D eigenvalue weighted by Gasteiger charge is -2.08. The second kappa shape index (κ2) is 6.24. The highest BCUT2D eigenvalue weighted by Crippen LogP contribution is 2.09. The molecule has 1 atom stereocenters. The van der Waals surface area contributed by atoms with E-state index in [9.17, 15) is 9.59 Å². The lowest BCUT2D eigenvalue weighted by molar-refractivity contribution is -0.149. The summed E-state index contributed by atoms with van der Waals surface area (Å²) in [5.41, 5.74) is 0. The molecule has 0 amide bonds. The molecule has 1 unspecified atom stereocenters. The quantitative estimate of drug-likeness (QED) is 0.372. The van der Waals surface area contributed by atoms with Gasteiger partial charge in [0, 0.05) is 6.42 Å². The number of carbonyl (C=O) groups is 2. The SMILES string of the molecule is CC#CCCC(C(C)=O)C(=O)OC. The fourth-order valence-corrected chi connectivity index (χ4v) is 0.971. The Morgan fingerprint density at radius 1 is 1.46 bits per heavy atom. The maximum Gasteiger partial charge on any atom is 0.316 e. The number of ketones is 1. The topological polar surface area (TPSA) is 43.4 Å². The van der Waals surface area contributed by atoms with E-state index in [2.05, 4.69) is 16.6 Å². The summed E-state index contributed by atoms with van der Waals surface area (Å²) in [6, 6.07) is 0. The van der Waals surface area contributed by atoms with Gasteiger partial charge in [0.25, 0.3) is 0 Å². The van der Waals surface area contributed by atoms with E-state index in [0.717, 1.165) is 0 Å². The van der Waals surface area contributed by atoms with Crippen molar-refractivity contribution in [1.82, 2.24) is 0 Å². The summed E-state index contributed by atoms with van der Waals surface area (Å²) >= 11 is 0. The van der Waals surface area contributed by atoms with Crippen LogP contribution in [0.15, 0.2) is 0 Å². The minimum Gasteiger partial charge on any atom is -0.468 e. The van der Waals surface area contributed by atoms with Crippen LogP contribution >= 0.6 is 0 Å². The largest absolute Gasteiger partial charge is 0.468 e. The monoisotopic (exact) mass is 182 g/mol. The standard InChI is InChI=1S/C10H14O3/c1-4-5-6-7-9(8(2)11)10(12)13-3/h9H,6-7H2,1-3H3. The molecular formula is C10H14O3. The molecule has 0 spiro atoms. The van der Waals surface area contributed by atoms with Crippen LogP contribution < -0.4 is 0 Å². The van der Waals surface area contributed by atoms with Crippen LogP contribution in [0.1, 0.15) is 26.7 Å². The van der Waals surface area contributed by atoms with Gasteiger partial charge in [0.15, 0.2) is 0 Å². The van der Waals surface area contributed by atoms with Crippen LogP contribution in [-0.4, -0.2) is 18.9 Å². The van der Waals surface area contributed by atoms with E-state index < -0.39 is 11.9 Å². The Labute approximate surface area is 78.5 Å². The van der Waals surface area contributed by atoms with Crippen molar-refractivity contribution in [3.8, 4) is 11.8 Å². The zero-order valence-electron chi connectivity index (χ0n) is 8.22. The van der Waals surface area contributed by atoms with Gasteiger partial charge in [-0.25, -0.2) is 0 Å². The van der Waals surface area contributed by atoms with Crippen molar-refractivity contribution in [2.45, 2.75) is 26.7 Å². The number of esters is 1. The molecule has 0 aliphatic carbocycles. The fraction of sp³-hybridized carbons (Fsp3) is 0.600. The minimum atomic E-state index is -0.647. The predicted molar refractivity (Wildman–Crippen MR) is 48.9 cm³/mol. The van der Waals surface area contributed by atoms with Gasteiger partial charge in [-0.3, -0.25) is 9.59 Å². The summed E-state index contributed by atoms with van der Waals surface area (Å²) in [4.78, 5) is 22.0. The van der Waals surface area contributed by atoms with Crippen molar-refractivity contribution in [2.24, 2.45) is 5.92 Å². The lowest BCUT2D eigenvalue weighted by Crippen LogP contribution is -2.23. The van der Waals surface area contributed by atoms with Crippen molar-refractivity contribution >= 4 is 11.8 Å². The van der Waals surface area contributed by atoms with Crippen molar-refractivity contribution in [3.05, 3.63) is 0 Å². The van der Waals surface area contributed by atoms with Crippen LogP contribution in [0, 0.1) is 17.8 Å². The van der Waals surface area contributed by atoms with E-state index in [4.69, 9.17) is 0 Å². The molecule has 0 fully saturated rings. The first-order valence-electron chi connectivity index (χ1n) is 4.11.